The van der Waals surface area contributed by atoms with Crippen molar-refractivity contribution in [1.29, 1.82) is 0 Å². The van der Waals surface area contributed by atoms with Crippen LogP contribution in [0.5, 0.6) is 11.5 Å². The number of ether oxygens (including phenoxy) is 2. The lowest BCUT2D eigenvalue weighted by Gasteiger charge is -2.46. The van der Waals surface area contributed by atoms with E-state index in [4.69, 9.17) is 26.1 Å². The predicted molar refractivity (Wildman–Crippen MR) is 146 cm³/mol. The van der Waals surface area contributed by atoms with Gasteiger partial charge in [0, 0.05) is 45.3 Å². The third kappa shape index (κ3) is 4.46. The minimum atomic E-state index is -0.695. The number of halogens is 2. The minimum Gasteiger partial charge on any atom is -0.507 e. The zero-order valence-electron chi connectivity index (χ0n) is 22.2. The van der Waals surface area contributed by atoms with Crippen LogP contribution in [-0.2, 0) is 9.53 Å². The van der Waals surface area contributed by atoms with Gasteiger partial charge < -0.3 is 29.3 Å². The molecule has 0 spiro atoms. The fraction of sp³-hybridized carbons (Fsp3) is 0.464. The van der Waals surface area contributed by atoms with Gasteiger partial charge in [-0.3, -0.25) is 14.5 Å². The standard InChI is InChI=1S/C28H31ClFN5O5/c1-3-21(37)33-8-10-35-17(12-33)15-40-26-23(28(35)38)27(34-9-7-32(11-16(34)2)18-13-39-14-18)31-25(24(26)29)22-19(30)5-4-6-20(22)36/h3-6,16-18,36H,1,7-15H2,2H3/t16-,17+/m0/s1. The molecule has 2 amide bonds. The van der Waals surface area contributed by atoms with E-state index in [0.29, 0.717) is 44.7 Å². The van der Waals surface area contributed by atoms with E-state index in [0.717, 1.165) is 13.1 Å². The van der Waals surface area contributed by atoms with Crippen molar-refractivity contribution >= 4 is 29.2 Å². The van der Waals surface area contributed by atoms with Crippen LogP contribution in [0.2, 0.25) is 5.02 Å². The van der Waals surface area contributed by atoms with Gasteiger partial charge in [0.15, 0.2) is 5.75 Å². The van der Waals surface area contributed by atoms with Crippen LogP contribution < -0.4 is 9.64 Å². The first-order valence-electron chi connectivity index (χ1n) is 13.4. The molecule has 4 aliphatic rings. The highest BCUT2D eigenvalue weighted by molar-refractivity contribution is 6.35. The Labute approximate surface area is 236 Å². The van der Waals surface area contributed by atoms with E-state index in [9.17, 15) is 14.7 Å². The maximum absolute atomic E-state index is 15.1. The Morgan fingerprint density at radius 1 is 1.12 bits per heavy atom. The molecule has 0 bridgehead atoms. The molecule has 3 fully saturated rings. The zero-order chi connectivity index (χ0) is 28.1. The van der Waals surface area contributed by atoms with Gasteiger partial charge in [0.25, 0.3) is 5.91 Å². The van der Waals surface area contributed by atoms with Crippen LogP contribution in [0.1, 0.15) is 17.3 Å². The Morgan fingerprint density at radius 3 is 2.58 bits per heavy atom. The molecule has 4 aliphatic heterocycles. The lowest BCUT2D eigenvalue weighted by molar-refractivity contribution is -0.128. The number of aromatic hydroxyl groups is 1. The molecule has 2 atom stereocenters. The number of anilines is 1. The summed E-state index contributed by atoms with van der Waals surface area (Å²) in [5, 5.41) is 10.6. The fourth-order valence-corrected chi connectivity index (χ4v) is 6.25. The summed E-state index contributed by atoms with van der Waals surface area (Å²) in [5.41, 5.74) is 0.0576. The van der Waals surface area contributed by atoms with Gasteiger partial charge in [0.05, 0.1) is 30.9 Å². The number of carbonyl (C=O) groups is 2. The van der Waals surface area contributed by atoms with E-state index < -0.39 is 11.9 Å². The summed E-state index contributed by atoms with van der Waals surface area (Å²) in [6.45, 7) is 10.1. The summed E-state index contributed by atoms with van der Waals surface area (Å²) < 4.78 is 26.7. The number of piperazine rings is 2. The molecule has 0 aliphatic carbocycles. The molecule has 1 aromatic carbocycles. The topological polar surface area (TPSA) is 98.7 Å². The SMILES string of the molecule is C=CC(=O)N1CCN2C(=O)c3c(N4CCN(C5COC5)C[C@@H]4C)nc(-c4c(O)cccc4F)c(Cl)c3OC[C@H]2C1. The summed E-state index contributed by atoms with van der Waals surface area (Å²) in [4.78, 5) is 39.0. The number of fused-ring (bicyclic) bond motifs is 2. The van der Waals surface area contributed by atoms with E-state index in [2.05, 4.69) is 18.4 Å². The van der Waals surface area contributed by atoms with Crippen LogP contribution in [0.15, 0.2) is 30.9 Å². The second-order valence-electron chi connectivity index (χ2n) is 10.6. The molecule has 212 valence electrons. The van der Waals surface area contributed by atoms with E-state index >= 15 is 4.39 Å². The maximum atomic E-state index is 15.1. The number of pyridine rings is 1. The van der Waals surface area contributed by atoms with Crippen LogP contribution in [0.4, 0.5) is 10.2 Å². The van der Waals surface area contributed by atoms with Gasteiger partial charge in [-0.05, 0) is 25.1 Å². The average molecular weight is 572 g/mol. The van der Waals surface area contributed by atoms with Crippen molar-refractivity contribution in [3.05, 3.63) is 47.3 Å². The van der Waals surface area contributed by atoms with Gasteiger partial charge in [0.1, 0.15) is 40.3 Å². The maximum Gasteiger partial charge on any atom is 0.261 e. The van der Waals surface area contributed by atoms with E-state index in [1.807, 2.05) is 4.90 Å². The molecular formula is C28H31ClFN5O5. The molecule has 0 unspecified atom stereocenters. The molecule has 1 N–H and O–H groups in total. The molecule has 0 saturated carbocycles. The molecule has 1 aromatic heterocycles. The first-order chi connectivity index (χ1) is 19.3. The van der Waals surface area contributed by atoms with Gasteiger partial charge in [-0.1, -0.05) is 24.2 Å². The summed E-state index contributed by atoms with van der Waals surface area (Å²) in [6, 6.07) is 3.89. The summed E-state index contributed by atoms with van der Waals surface area (Å²) in [5.74, 6) is -1.09. The van der Waals surface area contributed by atoms with Crippen LogP contribution in [0.25, 0.3) is 11.3 Å². The number of nitrogens with zero attached hydrogens (tertiary/aromatic N) is 5. The number of phenols is 1. The number of amides is 2. The van der Waals surface area contributed by atoms with Crippen molar-refractivity contribution in [1.82, 2.24) is 19.7 Å². The molecule has 5 heterocycles. The van der Waals surface area contributed by atoms with Crippen molar-refractivity contribution in [2.75, 3.05) is 64.0 Å². The largest absolute Gasteiger partial charge is 0.507 e. The van der Waals surface area contributed by atoms with Crippen LogP contribution >= 0.6 is 11.6 Å². The summed E-state index contributed by atoms with van der Waals surface area (Å²) in [7, 11) is 0. The fourth-order valence-electron chi connectivity index (χ4n) is 5.96. The summed E-state index contributed by atoms with van der Waals surface area (Å²) in [6.07, 6.45) is 1.26. The molecule has 3 saturated heterocycles. The van der Waals surface area contributed by atoms with Crippen molar-refractivity contribution in [2.24, 2.45) is 0 Å². The number of aromatic nitrogens is 1. The van der Waals surface area contributed by atoms with E-state index in [1.54, 1.807) is 9.80 Å². The molecule has 12 heteroatoms. The minimum absolute atomic E-state index is 0.00386. The highest BCUT2D eigenvalue weighted by Gasteiger charge is 2.42. The number of rotatable bonds is 4. The highest BCUT2D eigenvalue weighted by atomic mass is 35.5. The molecular weight excluding hydrogens is 541 g/mol. The molecule has 0 radical (unpaired) electrons. The second-order valence-corrected chi connectivity index (χ2v) is 11.0. The van der Waals surface area contributed by atoms with E-state index in [1.165, 1.54) is 24.3 Å². The molecule has 2 aromatic rings. The summed E-state index contributed by atoms with van der Waals surface area (Å²) >= 11 is 6.83. The quantitative estimate of drug-likeness (QED) is 0.559. The van der Waals surface area contributed by atoms with Crippen molar-refractivity contribution < 1.29 is 28.6 Å². The Hall–Kier alpha value is -3.41. The lowest BCUT2D eigenvalue weighted by Crippen LogP contribution is -2.60. The van der Waals surface area contributed by atoms with Gasteiger partial charge >= 0.3 is 0 Å². The highest BCUT2D eigenvalue weighted by Crippen LogP contribution is 2.46. The van der Waals surface area contributed by atoms with Crippen molar-refractivity contribution in [2.45, 2.75) is 25.0 Å². The Bertz CT molecular complexity index is 1350. The lowest BCUT2D eigenvalue weighted by atomic mass is 10.0. The predicted octanol–water partition coefficient (Wildman–Crippen LogP) is 2.39. The van der Waals surface area contributed by atoms with Gasteiger partial charge in [-0.25, -0.2) is 9.37 Å². The number of phenolic OH excluding ortho intramolecular Hbond substituents is 1. The van der Waals surface area contributed by atoms with Crippen molar-refractivity contribution in [3.63, 3.8) is 0 Å². The van der Waals surface area contributed by atoms with E-state index in [-0.39, 0.29) is 64.4 Å². The third-order valence-electron chi connectivity index (χ3n) is 8.24. The first kappa shape index (κ1) is 26.8. The molecule has 10 nitrogen and oxygen atoms in total. The number of carbonyl (C=O) groups excluding carboxylic acids is 2. The monoisotopic (exact) mass is 571 g/mol. The second kappa shape index (κ2) is 10.5. The Kier molecular flexibility index (Phi) is 7.05. The normalized spacial score (nSPS) is 23.6. The van der Waals surface area contributed by atoms with Gasteiger partial charge in [0.2, 0.25) is 5.91 Å². The van der Waals surface area contributed by atoms with Crippen LogP contribution in [-0.4, -0.2) is 114 Å². The van der Waals surface area contributed by atoms with Gasteiger partial charge in [-0.2, -0.15) is 0 Å². The third-order valence-corrected chi connectivity index (χ3v) is 8.59. The molecule has 6 rings (SSSR count). The smallest absolute Gasteiger partial charge is 0.261 e. The zero-order valence-corrected chi connectivity index (χ0v) is 22.9. The first-order valence-corrected chi connectivity index (χ1v) is 13.8. The number of hydrogen-bond acceptors (Lipinski definition) is 8. The van der Waals surface area contributed by atoms with Crippen molar-refractivity contribution in [3.8, 4) is 22.8 Å². The van der Waals surface area contributed by atoms with Crippen LogP contribution in [0, 0.1) is 5.82 Å². The number of hydrogen-bond donors (Lipinski definition) is 1. The average Bonchev–Trinajstić information content (AvgIpc) is 3.05. The molecule has 40 heavy (non-hydrogen) atoms. The van der Waals surface area contributed by atoms with Gasteiger partial charge in [-0.15, -0.1) is 0 Å². The Balaban J connectivity index is 1.45. The Morgan fingerprint density at radius 2 is 1.90 bits per heavy atom. The van der Waals surface area contributed by atoms with Crippen LogP contribution in [0.3, 0.4) is 0 Å². The number of benzene rings is 1.